The second-order valence-corrected chi connectivity index (χ2v) is 5.95. The first-order chi connectivity index (χ1) is 11.5. The third-order valence-electron chi connectivity index (χ3n) is 3.99. The van der Waals surface area contributed by atoms with Crippen LogP contribution in [0.1, 0.15) is 24.5 Å². The number of benzene rings is 1. The number of hydrogen-bond donors (Lipinski definition) is 0. The minimum Gasteiger partial charge on any atom is -0.423 e. The maximum Gasteiger partial charge on any atom is 0.336 e. The van der Waals surface area contributed by atoms with Gasteiger partial charge < -0.3 is 4.74 Å². The average molecular weight is 314 g/mol. The molecular formula is C20H14N2O2. The van der Waals surface area contributed by atoms with E-state index in [1.165, 1.54) is 6.08 Å². The Balaban J connectivity index is 1.93. The molecule has 0 amide bonds. The lowest BCUT2D eigenvalue weighted by molar-refractivity contribution is -0.132. The molecule has 1 heterocycles. The number of hydrogen-bond acceptors (Lipinski definition) is 4. The van der Waals surface area contributed by atoms with Crippen molar-refractivity contribution in [1.29, 1.82) is 10.5 Å². The summed E-state index contributed by atoms with van der Waals surface area (Å²) in [6.45, 7) is 1.87. The molecule has 4 nitrogen and oxygen atoms in total. The van der Waals surface area contributed by atoms with Gasteiger partial charge in [0.2, 0.25) is 0 Å². The van der Waals surface area contributed by atoms with Crippen LogP contribution in [0, 0.1) is 28.1 Å². The maximum atomic E-state index is 11.7. The van der Waals surface area contributed by atoms with E-state index in [1.54, 1.807) is 24.3 Å². The fourth-order valence-corrected chi connectivity index (χ4v) is 2.58. The van der Waals surface area contributed by atoms with E-state index in [9.17, 15) is 10.1 Å². The number of cyclic esters (lactones) is 1. The van der Waals surface area contributed by atoms with Crippen LogP contribution < -0.4 is 0 Å². The minimum absolute atomic E-state index is 0.421. The molecule has 1 aromatic rings. The molecule has 4 heteroatoms. The Labute approximate surface area is 140 Å². The number of rotatable bonds is 2. The second-order valence-electron chi connectivity index (χ2n) is 5.95. The number of carbonyl (C=O) groups is 1. The predicted octanol–water partition coefficient (Wildman–Crippen LogP) is 3.80. The van der Waals surface area contributed by atoms with Crippen molar-refractivity contribution in [3.8, 4) is 12.1 Å². The number of carbonyl (C=O) groups excluding carboxylic acids is 1. The van der Waals surface area contributed by atoms with Crippen LogP contribution in [-0.4, -0.2) is 5.97 Å². The van der Waals surface area contributed by atoms with Crippen molar-refractivity contribution in [2.75, 3.05) is 0 Å². The first-order valence-electron chi connectivity index (χ1n) is 7.50. The molecule has 0 radical (unpaired) electrons. The Hall–Kier alpha value is -3.37. The summed E-state index contributed by atoms with van der Waals surface area (Å²) in [5.74, 6) is 0.0298. The summed E-state index contributed by atoms with van der Waals surface area (Å²) in [6.07, 6.45) is 9.41. The molecule has 0 bridgehead atoms. The van der Waals surface area contributed by atoms with Crippen LogP contribution in [-0.2, 0) is 9.53 Å². The van der Waals surface area contributed by atoms with Crippen molar-refractivity contribution in [3.05, 3.63) is 76.6 Å². The summed E-state index contributed by atoms with van der Waals surface area (Å²) in [5, 5.41) is 18.2. The highest BCUT2D eigenvalue weighted by Crippen LogP contribution is 2.35. The Morgan fingerprint density at radius 1 is 1.33 bits per heavy atom. The first kappa shape index (κ1) is 15.5. The smallest absolute Gasteiger partial charge is 0.336 e. The van der Waals surface area contributed by atoms with Crippen LogP contribution in [0.5, 0.6) is 0 Å². The molecule has 0 saturated heterocycles. The van der Waals surface area contributed by atoms with Crippen LogP contribution in [0.3, 0.4) is 0 Å². The SMILES string of the molecule is CC1(C#N)C=CC(C2=CC(=O)O/C2=C\c2cccc(C#N)c2)=CC1. The molecule has 2 aliphatic rings. The summed E-state index contributed by atoms with van der Waals surface area (Å²) >= 11 is 0. The molecule has 1 aromatic carbocycles. The monoisotopic (exact) mass is 314 g/mol. The summed E-state index contributed by atoms with van der Waals surface area (Å²) in [7, 11) is 0. The highest BCUT2D eigenvalue weighted by molar-refractivity contribution is 5.92. The molecule has 1 atom stereocenters. The van der Waals surface area contributed by atoms with E-state index in [2.05, 4.69) is 12.1 Å². The van der Waals surface area contributed by atoms with Gasteiger partial charge in [0.15, 0.2) is 0 Å². The number of nitrogens with zero attached hydrogens (tertiary/aromatic N) is 2. The van der Waals surface area contributed by atoms with E-state index in [-0.39, 0.29) is 0 Å². The lowest BCUT2D eigenvalue weighted by Crippen LogP contribution is -2.12. The first-order valence-corrected chi connectivity index (χ1v) is 7.50. The van der Waals surface area contributed by atoms with Gasteiger partial charge in [-0.2, -0.15) is 10.5 Å². The van der Waals surface area contributed by atoms with Crippen molar-refractivity contribution >= 4 is 12.0 Å². The molecule has 0 saturated carbocycles. The van der Waals surface area contributed by atoms with E-state index < -0.39 is 11.4 Å². The highest BCUT2D eigenvalue weighted by atomic mass is 16.5. The topological polar surface area (TPSA) is 73.9 Å². The van der Waals surface area contributed by atoms with Gasteiger partial charge in [0.1, 0.15) is 5.76 Å². The zero-order chi connectivity index (χ0) is 17.2. The number of ether oxygens (including phenoxy) is 1. The number of nitriles is 2. The fraction of sp³-hybridized carbons (Fsp3) is 0.150. The largest absolute Gasteiger partial charge is 0.423 e. The zero-order valence-electron chi connectivity index (χ0n) is 13.1. The van der Waals surface area contributed by atoms with Gasteiger partial charge in [-0.15, -0.1) is 0 Å². The third-order valence-corrected chi connectivity index (χ3v) is 3.99. The van der Waals surface area contributed by atoms with E-state index in [0.29, 0.717) is 23.3 Å². The summed E-state index contributed by atoms with van der Waals surface area (Å²) < 4.78 is 5.29. The van der Waals surface area contributed by atoms with Crippen molar-refractivity contribution in [3.63, 3.8) is 0 Å². The number of allylic oxidation sites excluding steroid dienone is 4. The second kappa shape index (κ2) is 6.02. The van der Waals surface area contributed by atoms with Gasteiger partial charge in [0.25, 0.3) is 0 Å². The Morgan fingerprint density at radius 2 is 2.17 bits per heavy atom. The summed E-state index contributed by atoms with van der Waals surface area (Å²) in [5.41, 5.74) is 2.36. The maximum absolute atomic E-state index is 11.7. The predicted molar refractivity (Wildman–Crippen MR) is 88.9 cm³/mol. The zero-order valence-corrected chi connectivity index (χ0v) is 13.1. The van der Waals surface area contributed by atoms with Gasteiger partial charge in [-0.1, -0.05) is 30.4 Å². The van der Waals surface area contributed by atoms with Gasteiger partial charge in [-0.05, 0) is 42.7 Å². The Morgan fingerprint density at radius 3 is 2.83 bits per heavy atom. The molecule has 0 spiro atoms. The normalized spacial score (nSPS) is 24.0. The lowest BCUT2D eigenvalue weighted by atomic mass is 9.82. The van der Waals surface area contributed by atoms with E-state index in [1.807, 2.05) is 31.2 Å². The Bertz CT molecular complexity index is 920. The van der Waals surface area contributed by atoms with E-state index >= 15 is 0 Å². The van der Waals surface area contributed by atoms with Crippen LogP contribution in [0.4, 0.5) is 0 Å². The van der Waals surface area contributed by atoms with Crippen LogP contribution in [0.15, 0.2) is 65.5 Å². The van der Waals surface area contributed by atoms with Gasteiger partial charge in [-0.25, -0.2) is 4.79 Å². The van der Waals surface area contributed by atoms with Crippen molar-refractivity contribution in [2.24, 2.45) is 5.41 Å². The van der Waals surface area contributed by atoms with Gasteiger partial charge in [0, 0.05) is 11.6 Å². The van der Waals surface area contributed by atoms with E-state index in [4.69, 9.17) is 10.00 Å². The standard InChI is InChI=1S/C20H14N2O2/c1-20(13-22)7-5-16(6-8-20)17-11-19(23)24-18(17)10-14-3-2-4-15(9-14)12-21/h2-7,9-11H,8H2,1H3/b18-10-. The van der Waals surface area contributed by atoms with Crippen molar-refractivity contribution in [2.45, 2.75) is 13.3 Å². The van der Waals surface area contributed by atoms with Crippen molar-refractivity contribution < 1.29 is 9.53 Å². The third kappa shape index (κ3) is 3.04. The molecule has 1 aliphatic heterocycles. The molecule has 3 rings (SSSR count). The molecular weight excluding hydrogens is 300 g/mol. The minimum atomic E-state index is -0.515. The molecule has 0 fully saturated rings. The van der Waals surface area contributed by atoms with Gasteiger partial charge >= 0.3 is 5.97 Å². The number of esters is 1. The summed E-state index contributed by atoms with van der Waals surface area (Å²) in [6, 6.07) is 11.4. The quantitative estimate of drug-likeness (QED) is 0.778. The van der Waals surface area contributed by atoms with Gasteiger partial charge in [0.05, 0.1) is 23.1 Å². The fourth-order valence-electron chi connectivity index (χ4n) is 2.58. The van der Waals surface area contributed by atoms with Crippen molar-refractivity contribution in [1.82, 2.24) is 0 Å². The highest BCUT2D eigenvalue weighted by Gasteiger charge is 2.27. The molecule has 0 N–H and O–H groups in total. The summed E-state index contributed by atoms with van der Waals surface area (Å²) in [4.78, 5) is 11.7. The molecule has 1 aliphatic carbocycles. The van der Waals surface area contributed by atoms with E-state index in [0.717, 1.165) is 11.1 Å². The van der Waals surface area contributed by atoms with Crippen LogP contribution in [0.2, 0.25) is 0 Å². The molecule has 24 heavy (non-hydrogen) atoms. The average Bonchev–Trinajstić information content (AvgIpc) is 2.96. The van der Waals surface area contributed by atoms with Crippen LogP contribution >= 0.6 is 0 Å². The van der Waals surface area contributed by atoms with Crippen LogP contribution in [0.25, 0.3) is 6.08 Å². The Kier molecular flexibility index (Phi) is 3.90. The lowest BCUT2D eigenvalue weighted by Gasteiger charge is -2.20. The molecule has 116 valence electrons. The molecule has 0 aromatic heterocycles. The van der Waals surface area contributed by atoms with Gasteiger partial charge in [-0.3, -0.25) is 0 Å². The molecule has 1 unspecified atom stereocenters.